The largest absolute Gasteiger partial charge is 0.480 e. The number of carbonyl (C=O) groups is 2. The van der Waals surface area contributed by atoms with Crippen molar-refractivity contribution in [2.75, 3.05) is 18.0 Å². The van der Waals surface area contributed by atoms with E-state index >= 15 is 0 Å². The van der Waals surface area contributed by atoms with Crippen molar-refractivity contribution in [1.82, 2.24) is 4.90 Å². The van der Waals surface area contributed by atoms with Crippen LogP contribution in [-0.4, -0.2) is 47.1 Å². The molecule has 0 aromatic heterocycles. The van der Waals surface area contributed by atoms with Crippen LogP contribution in [0.5, 0.6) is 0 Å². The third kappa shape index (κ3) is 4.81. The molecule has 2 aliphatic heterocycles. The molecule has 2 atom stereocenters. The van der Waals surface area contributed by atoms with Crippen molar-refractivity contribution >= 4 is 17.6 Å². The minimum absolute atomic E-state index is 0.0218. The maximum atomic E-state index is 14.1. The normalized spacial score (nSPS) is 20.3. The van der Waals surface area contributed by atoms with Gasteiger partial charge in [0.1, 0.15) is 6.04 Å². The van der Waals surface area contributed by atoms with Gasteiger partial charge in [-0.25, -0.2) is 4.79 Å². The highest BCUT2D eigenvalue weighted by Crippen LogP contribution is 2.35. The lowest BCUT2D eigenvalue weighted by molar-refractivity contribution is -0.148. The Bertz CT molecular complexity index is 1120. The Morgan fingerprint density at radius 2 is 1.43 bits per heavy atom. The average molecular weight is 469 g/mol. The lowest BCUT2D eigenvalue weighted by Crippen LogP contribution is -2.44. The minimum atomic E-state index is -0.930. The number of aryl methyl sites for hydroxylation is 1. The van der Waals surface area contributed by atoms with Crippen molar-refractivity contribution in [3.8, 4) is 0 Å². The van der Waals surface area contributed by atoms with E-state index in [1.54, 1.807) is 4.90 Å². The SMILES string of the molecule is O=C(O)[C@@H]1C[C@H](N2CCCCCc3ccccc32)CN1C(=O)C(c1ccccc1)c1ccccc1. The Hall–Kier alpha value is -3.60. The number of amides is 1. The van der Waals surface area contributed by atoms with Crippen molar-refractivity contribution < 1.29 is 14.7 Å². The summed E-state index contributed by atoms with van der Waals surface area (Å²) in [5.74, 6) is -1.60. The van der Waals surface area contributed by atoms with Crippen LogP contribution in [0, 0.1) is 0 Å². The molecule has 0 aliphatic carbocycles. The van der Waals surface area contributed by atoms with Gasteiger partial charge in [-0.15, -0.1) is 0 Å². The fraction of sp³-hybridized carbons (Fsp3) is 0.333. The molecule has 5 nitrogen and oxygen atoms in total. The van der Waals surface area contributed by atoms with Crippen LogP contribution < -0.4 is 4.90 Å². The number of nitrogens with zero attached hydrogens (tertiary/aromatic N) is 2. The number of fused-ring (bicyclic) bond motifs is 1. The molecule has 180 valence electrons. The topological polar surface area (TPSA) is 60.9 Å². The van der Waals surface area contributed by atoms with Crippen LogP contribution in [0.2, 0.25) is 0 Å². The van der Waals surface area contributed by atoms with Crippen molar-refractivity contribution in [1.29, 1.82) is 0 Å². The second-order valence-corrected chi connectivity index (χ2v) is 9.62. The first kappa shape index (κ1) is 23.2. The molecule has 1 N–H and O–H groups in total. The van der Waals surface area contributed by atoms with E-state index in [0.29, 0.717) is 13.0 Å². The number of hydrogen-bond acceptors (Lipinski definition) is 3. The van der Waals surface area contributed by atoms with E-state index in [4.69, 9.17) is 0 Å². The molecule has 5 heteroatoms. The molecule has 3 aromatic rings. The number of anilines is 1. The summed E-state index contributed by atoms with van der Waals surface area (Å²) >= 11 is 0. The number of rotatable bonds is 5. The number of hydrogen-bond donors (Lipinski definition) is 1. The number of para-hydroxylation sites is 1. The van der Waals surface area contributed by atoms with Crippen molar-refractivity contribution in [3.63, 3.8) is 0 Å². The third-order valence-corrected chi connectivity index (χ3v) is 7.45. The lowest BCUT2D eigenvalue weighted by atomic mass is 9.90. The van der Waals surface area contributed by atoms with E-state index < -0.39 is 17.9 Å². The molecule has 2 heterocycles. The van der Waals surface area contributed by atoms with E-state index in [2.05, 4.69) is 29.2 Å². The average Bonchev–Trinajstić information content (AvgIpc) is 3.32. The third-order valence-electron chi connectivity index (χ3n) is 7.45. The predicted molar refractivity (Wildman–Crippen MR) is 138 cm³/mol. The van der Waals surface area contributed by atoms with Crippen LogP contribution in [0.15, 0.2) is 84.9 Å². The maximum absolute atomic E-state index is 14.1. The number of carboxylic acids is 1. The predicted octanol–water partition coefficient (Wildman–Crippen LogP) is 5.11. The molecule has 1 saturated heterocycles. The highest BCUT2D eigenvalue weighted by Gasteiger charge is 2.44. The van der Waals surface area contributed by atoms with Gasteiger partial charge in [0.25, 0.3) is 0 Å². The number of carbonyl (C=O) groups excluding carboxylic acids is 1. The zero-order chi connectivity index (χ0) is 24.2. The van der Waals surface area contributed by atoms with Crippen molar-refractivity contribution in [3.05, 3.63) is 102 Å². The molecule has 3 aromatic carbocycles. The van der Waals surface area contributed by atoms with E-state index in [9.17, 15) is 14.7 Å². The van der Waals surface area contributed by atoms with Crippen LogP contribution in [0.25, 0.3) is 0 Å². The number of aliphatic carboxylic acids is 1. The van der Waals surface area contributed by atoms with E-state index in [1.807, 2.05) is 60.7 Å². The van der Waals surface area contributed by atoms with Gasteiger partial charge in [0.15, 0.2) is 0 Å². The fourth-order valence-electron chi connectivity index (χ4n) is 5.73. The highest BCUT2D eigenvalue weighted by atomic mass is 16.4. The monoisotopic (exact) mass is 468 g/mol. The molecule has 1 fully saturated rings. The summed E-state index contributed by atoms with van der Waals surface area (Å²) in [4.78, 5) is 30.5. The second kappa shape index (κ2) is 10.3. The number of likely N-dealkylation sites (tertiary alicyclic amines) is 1. The van der Waals surface area contributed by atoms with E-state index in [1.165, 1.54) is 17.7 Å². The number of benzene rings is 3. The molecule has 5 rings (SSSR count). The summed E-state index contributed by atoms with van der Waals surface area (Å²) in [5.41, 5.74) is 4.27. The van der Waals surface area contributed by atoms with Crippen LogP contribution in [0.4, 0.5) is 5.69 Å². The van der Waals surface area contributed by atoms with Crippen LogP contribution in [-0.2, 0) is 16.0 Å². The summed E-state index contributed by atoms with van der Waals surface area (Å²) in [6, 6.07) is 27.0. The van der Waals surface area contributed by atoms with Gasteiger partial charge < -0.3 is 14.9 Å². The molecular formula is C30H32N2O3. The Morgan fingerprint density at radius 3 is 2.09 bits per heavy atom. The van der Waals surface area contributed by atoms with Crippen LogP contribution in [0.1, 0.15) is 48.3 Å². The molecule has 1 amide bonds. The first-order valence-electron chi connectivity index (χ1n) is 12.6. The van der Waals surface area contributed by atoms with Crippen LogP contribution in [0.3, 0.4) is 0 Å². The fourth-order valence-corrected chi connectivity index (χ4v) is 5.73. The molecule has 0 radical (unpaired) electrons. The van der Waals surface area contributed by atoms with Gasteiger partial charge in [-0.3, -0.25) is 4.79 Å². The van der Waals surface area contributed by atoms with Gasteiger partial charge in [-0.1, -0.05) is 85.3 Å². The molecule has 0 spiro atoms. The Balaban J connectivity index is 1.49. The molecule has 0 saturated carbocycles. The quantitative estimate of drug-likeness (QED) is 0.566. The van der Waals surface area contributed by atoms with Gasteiger partial charge in [0, 0.05) is 31.2 Å². The summed E-state index contributed by atoms with van der Waals surface area (Å²) in [7, 11) is 0. The highest BCUT2D eigenvalue weighted by molar-refractivity contribution is 5.91. The minimum Gasteiger partial charge on any atom is -0.480 e. The summed E-state index contributed by atoms with van der Waals surface area (Å²) in [6.07, 6.45) is 4.88. The van der Waals surface area contributed by atoms with E-state index in [0.717, 1.165) is 36.9 Å². The summed E-state index contributed by atoms with van der Waals surface area (Å²) < 4.78 is 0. The maximum Gasteiger partial charge on any atom is 0.326 e. The molecule has 0 bridgehead atoms. The van der Waals surface area contributed by atoms with Gasteiger partial charge >= 0.3 is 5.97 Å². The lowest BCUT2D eigenvalue weighted by Gasteiger charge is -2.34. The molecule has 35 heavy (non-hydrogen) atoms. The Kier molecular flexibility index (Phi) is 6.84. The van der Waals surface area contributed by atoms with Crippen molar-refractivity contribution in [2.45, 2.75) is 50.1 Å². The second-order valence-electron chi connectivity index (χ2n) is 9.62. The molecule has 2 aliphatic rings. The zero-order valence-electron chi connectivity index (χ0n) is 19.9. The first-order chi connectivity index (χ1) is 17.1. The standard InChI is InChI=1S/C30H32N2O3/c33-29(28(23-14-4-1-5-15-23)24-16-6-2-7-17-24)32-21-25(20-27(32)30(34)35)31-19-11-3-8-12-22-13-9-10-18-26(22)31/h1-2,4-7,9-10,13-18,25,27-28H,3,8,11-12,19-21H2,(H,34,35)/t25-,27-/m0/s1. The van der Waals surface area contributed by atoms with Gasteiger partial charge in [0.05, 0.1) is 5.92 Å². The Labute approximate surface area is 207 Å². The Morgan fingerprint density at radius 1 is 0.800 bits per heavy atom. The zero-order valence-corrected chi connectivity index (χ0v) is 19.9. The van der Waals surface area contributed by atoms with Gasteiger partial charge in [-0.2, -0.15) is 0 Å². The van der Waals surface area contributed by atoms with Gasteiger partial charge in [0.2, 0.25) is 5.91 Å². The molecule has 0 unspecified atom stereocenters. The van der Waals surface area contributed by atoms with Crippen LogP contribution >= 0.6 is 0 Å². The number of carboxylic acid groups (broad SMARTS) is 1. The van der Waals surface area contributed by atoms with E-state index in [-0.39, 0.29) is 11.9 Å². The smallest absolute Gasteiger partial charge is 0.326 e. The molecular weight excluding hydrogens is 436 g/mol. The summed E-state index contributed by atoms with van der Waals surface area (Å²) in [6.45, 7) is 1.30. The summed E-state index contributed by atoms with van der Waals surface area (Å²) in [5, 5.41) is 10.2. The van der Waals surface area contributed by atoms with Crippen molar-refractivity contribution in [2.24, 2.45) is 0 Å². The first-order valence-corrected chi connectivity index (χ1v) is 12.6. The van der Waals surface area contributed by atoms with Gasteiger partial charge in [-0.05, 0) is 42.0 Å².